The molecule has 0 spiro atoms. The van der Waals surface area contributed by atoms with E-state index in [4.69, 9.17) is 0 Å². The van der Waals surface area contributed by atoms with Gasteiger partial charge >= 0.3 is 0 Å². The number of carbonyl (C=O) groups excluding carboxylic acids is 1. The van der Waals surface area contributed by atoms with Crippen LogP contribution in [0.3, 0.4) is 0 Å². The summed E-state index contributed by atoms with van der Waals surface area (Å²) in [6.45, 7) is 3.55. The van der Waals surface area contributed by atoms with Crippen molar-refractivity contribution in [1.29, 1.82) is 0 Å². The summed E-state index contributed by atoms with van der Waals surface area (Å²) in [5.41, 5.74) is 1.08. The molecule has 0 aromatic heterocycles. The van der Waals surface area contributed by atoms with Crippen molar-refractivity contribution in [2.45, 2.75) is 57.4 Å². The van der Waals surface area contributed by atoms with E-state index >= 15 is 0 Å². The van der Waals surface area contributed by atoms with Gasteiger partial charge < -0.3 is 10.6 Å². The maximum atomic E-state index is 12.1. The highest BCUT2D eigenvalue weighted by atomic mass is 35.5. The molecule has 2 N–H and O–H groups in total. The van der Waals surface area contributed by atoms with Crippen LogP contribution in [-0.2, 0) is 4.79 Å². The van der Waals surface area contributed by atoms with Crippen LogP contribution in [0.4, 0.5) is 0 Å². The van der Waals surface area contributed by atoms with E-state index in [-0.39, 0.29) is 24.2 Å². The average Bonchev–Trinajstić information content (AvgIpc) is 2.80. The van der Waals surface area contributed by atoms with E-state index in [9.17, 15) is 4.79 Å². The van der Waals surface area contributed by atoms with Gasteiger partial charge in [-0.05, 0) is 25.3 Å². The summed E-state index contributed by atoms with van der Waals surface area (Å²) in [7, 11) is 0. The van der Waals surface area contributed by atoms with Crippen molar-refractivity contribution in [3.8, 4) is 0 Å². The first-order valence-corrected chi connectivity index (χ1v) is 8.33. The van der Waals surface area contributed by atoms with Crippen LogP contribution < -0.4 is 10.6 Å². The molecule has 1 unspecified atom stereocenters. The Morgan fingerprint density at radius 2 is 1.73 bits per heavy atom. The second kappa shape index (κ2) is 10.6. The van der Waals surface area contributed by atoms with E-state index in [0.717, 1.165) is 12.1 Å². The number of carbonyl (C=O) groups is 1. The topological polar surface area (TPSA) is 41.1 Å². The number of benzene rings is 1. The molecule has 4 heteroatoms. The smallest absolute Gasteiger partial charge is 0.227 e. The fraction of sp³-hybridized carbons (Fsp3) is 0.611. The highest BCUT2D eigenvalue weighted by molar-refractivity contribution is 5.85. The first kappa shape index (κ1) is 19.0. The molecule has 124 valence electrons. The molecule has 1 aliphatic carbocycles. The third kappa shape index (κ3) is 6.37. The number of halogens is 1. The summed E-state index contributed by atoms with van der Waals surface area (Å²) in [4.78, 5) is 12.1. The Labute approximate surface area is 140 Å². The van der Waals surface area contributed by atoms with Crippen molar-refractivity contribution in [2.24, 2.45) is 0 Å². The Bertz CT molecular complexity index is 416. The van der Waals surface area contributed by atoms with E-state index in [0.29, 0.717) is 12.6 Å². The van der Waals surface area contributed by atoms with Crippen LogP contribution in [0.2, 0.25) is 0 Å². The SMILES string of the molecule is CC(C(=O)NCCNC1CCCCCC1)c1ccccc1.Cl. The van der Waals surface area contributed by atoms with Crippen LogP contribution >= 0.6 is 12.4 Å². The predicted molar refractivity (Wildman–Crippen MR) is 94.6 cm³/mol. The minimum atomic E-state index is -0.0796. The quantitative estimate of drug-likeness (QED) is 0.619. The standard InChI is InChI=1S/C18H28N2O.ClH/c1-15(16-9-5-4-6-10-16)18(21)20-14-13-19-17-11-7-2-3-8-12-17;/h4-6,9-10,15,17,19H,2-3,7-8,11-14H2,1H3,(H,20,21);1H. The molecule has 1 aromatic carbocycles. The van der Waals surface area contributed by atoms with Crippen molar-refractivity contribution in [2.75, 3.05) is 13.1 Å². The van der Waals surface area contributed by atoms with Crippen molar-refractivity contribution in [3.05, 3.63) is 35.9 Å². The summed E-state index contributed by atoms with van der Waals surface area (Å²) >= 11 is 0. The van der Waals surface area contributed by atoms with Crippen LogP contribution in [0.1, 0.15) is 56.9 Å². The lowest BCUT2D eigenvalue weighted by molar-refractivity contribution is -0.122. The van der Waals surface area contributed by atoms with Crippen LogP contribution in [0.25, 0.3) is 0 Å². The molecule has 1 saturated carbocycles. The maximum absolute atomic E-state index is 12.1. The third-order valence-corrected chi connectivity index (χ3v) is 4.41. The Balaban J connectivity index is 0.00000242. The van der Waals surface area contributed by atoms with Gasteiger partial charge in [-0.2, -0.15) is 0 Å². The van der Waals surface area contributed by atoms with Crippen LogP contribution in [0, 0.1) is 0 Å². The average molecular weight is 325 g/mol. The van der Waals surface area contributed by atoms with Crippen molar-refractivity contribution < 1.29 is 4.79 Å². The first-order chi connectivity index (χ1) is 10.3. The van der Waals surface area contributed by atoms with Crippen LogP contribution in [-0.4, -0.2) is 25.0 Å². The molecule has 1 aromatic rings. The van der Waals surface area contributed by atoms with E-state index in [2.05, 4.69) is 10.6 Å². The molecule has 0 radical (unpaired) electrons. The molecule has 0 bridgehead atoms. The lowest BCUT2D eigenvalue weighted by atomic mass is 10.0. The summed E-state index contributed by atoms with van der Waals surface area (Å²) in [5, 5.41) is 6.62. The highest BCUT2D eigenvalue weighted by Crippen LogP contribution is 2.17. The Hall–Kier alpha value is -1.06. The normalized spacial score (nSPS) is 17.1. The molecule has 1 atom stereocenters. The number of amides is 1. The van der Waals surface area contributed by atoms with Gasteiger partial charge in [0, 0.05) is 19.1 Å². The molecule has 1 aliphatic rings. The zero-order chi connectivity index (χ0) is 14.9. The van der Waals surface area contributed by atoms with Crippen LogP contribution in [0.5, 0.6) is 0 Å². The van der Waals surface area contributed by atoms with Crippen molar-refractivity contribution >= 4 is 18.3 Å². The molecule has 0 heterocycles. The zero-order valence-corrected chi connectivity index (χ0v) is 14.3. The van der Waals surface area contributed by atoms with Gasteiger partial charge in [-0.3, -0.25) is 4.79 Å². The maximum Gasteiger partial charge on any atom is 0.227 e. The highest BCUT2D eigenvalue weighted by Gasteiger charge is 2.14. The Morgan fingerprint density at radius 3 is 2.36 bits per heavy atom. The summed E-state index contributed by atoms with van der Waals surface area (Å²) in [5.74, 6) is 0.0351. The van der Waals surface area contributed by atoms with Gasteiger partial charge in [0.15, 0.2) is 0 Å². The lowest BCUT2D eigenvalue weighted by Gasteiger charge is -2.17. The van der Waals surface area contributed by atoms with E-state index in [1.165, 1.54) is 38.5 Å². The molecule has 0 saturated heterocycles. The van der Waals surface area contributed by atoms with Gasteiger partial charge in [0.05, 0.1) is 5.92 Å². The molecule has 0 aliphatic heterocycles. The van der Waals surface area contributed by atoms with Gasteiger partial charge in [0.1, 0.15) is 0 Å². The monoisotopic (exact) mass is 324 g/mol. The predicted octanol–water partition coefficient (Wildman–Crippen LogP) is 3.64. The molecule has 2 rings (SSSR count). The summed E-state index contributed by atoms with van der Waals surface area (Å²) in [6, 6.07) is 10.6. The zero-order valence-electron chi connectivity index (χ0n) is 13.5. The molecular weight excluding hydrogens is 296 g/mol. The van der Waals surface area contributed by atoms with E-state index in [1.54, 1.807) is 0 Å². The summed E-state index contributed by atoms with van der Waals surface area (Å²) < 4.78 is 0. The fourth-order valence-corrected chi connectivity index (χ4v) is 2.99. The van der Waals surface area contributed by atoms with Gasteiger partial charge in [-0.1, -0.05) is 56.0 Å². The number of hydrogen-bond donors (Lipinski definition) is 2. The third-order valence-electron chi connectivity index (χ3n) is 4.41. The minimum absolute atomic E-state index is 0. The van der Waals surface area contributed by atoms with Gasteiger partial charge in [-0.15, -0.1) is 12.4 Å². The van der Waals surface area contributed by atoms with Gasteiger partial charge in [0.2, 0.25) is 5.91 Å². The number of hydrogen-bond acceptors (Lipinski definition) is 2. The van der Waals surface area contributed by atoms with Crippen LogP contribution in [0.15, 0.2) is 30.3 Å². The second-order valence-corrected chi connectivity index (χ2v) is 6.07. The first-order valence-electron chi connectivity index (χ1n) is 8.33. The van der Waals surface area contributed by atoms with E-state index < -0.39 is 0 Å². The minimum Gasteiger partial charge on any atom is -0.354 e. The molecule has 1 amide bonds. The van der Waals surface area contributed by atoms with Gasteiger partial charge in [-0.25, -0.2) is 0 Å². The number of rotatable bonds is 6. The largest absolute Gasteiger partial charge is 0.354 e. The molecule has 22 heavy (non-hydrogen) atoms. The van der Waals surface area contributed by atoms with Crippen molar-refractivity contribution in [3.63, 3.8) is 0 Å². The Kier molecular flexibility index (Phi) is 9.17. The summed E-state index contributed by atoms with van der Waals surface area (Å²) in [6.07, 6.45) is 8.01. The fourth-order valence-electron chi connectivity index (χ4n) is 2.99. The number of nitrogens with one attached hydrogen (secondary N) is 2. The molecule has 1 fully saturated rings. The van der Waals surface area contributed by atoms with Gasteiger partial charge in [0.25, 0.3) is 0 Å². The molecular formula is C18H29ClN2O. The van der Waals surface area contributed by atoms with Crippen molar-refractivity contribution in [1.82, 2.24) is 10.6 Å². The van der Waals surface area contributed by atoms with E-state index in [1.807, 2.05) is 37.3 Å². The Morgan fingerprint density at radius 1 is 1.09 bits per heavy atom. The molecule has 3 nitrogen and oxygen atoms in total. The lowest BCUT2D eigenvalue weighted by Crippen LogP contribution is -2.38. The second-order valence-electron chi connectivity index (χ2n) is 6.07.